The second-order valence-corrected chi connectivity index (χ2v) is 5.61. The van der Waals surface area contributed by atoms with E-state index in [0.29, 0.717) is 6.42 Å². The maximum atomic E-state index is 11.9. The smallest absolute Gasteiger partial charge is 0.139 e. The molecule has 0 aromatic heterocycles. The van der Waals surface area contributed by atoms with Gasteiger partial charge in [-0.1, -0.05) is 26.8 Å². The van der Waals surface area contributed by atoms with E-state index in [-0.39, 0.29) is 22.9 Å². The first kappa shape index (κ1) is 12.2. The highest BCUT2D eigenvalue weighted by Crippen LogP contribution is 2.57. The zero-order chi connectivity index (χ0) is 11.9. The van der Waals surface area contributed by atoms with E-state index in [1.165, 1.54) is 0 Å². The van der Waals surface area contributed by atoms with E-state index in [9.17, 15) is 9.59 Å². The van der Waals surface area contributed by atoms with Crippen LogP contribution in [0.1, 0.15) is 40.5 Å². The number of hydrogen-bond acceptors (Lipinski definition) is 2. The molecule has 0 N–H and O–H groups in total. The number of carbonyl (C=O) groups is 2. The summed E-state index contributed by atoms with van der Waals surface area (Å²) >= 11 is 0. The summed E-state index contributed by atoms with van der Waals surface area (Å²) in [6.07, 6.45) is 2.98. The highest BCUT2D eigenvalue weighted by Gasteiger charge is 2.57. The molecule has 0 bridgehead atoms. The number of carbonyl (C=O) groups excluding carboxylic acids is 2. The second kappa shape index (κ2) is 3.58. The molecule has 1 fully saturated rings. The molecule has 0 heterocycles. The molecule has 2 heteroatoms. The van der Waals surface area contributed by atoms with Gasteiger partial charge in [0.15, 0.2) is 0 Å². The molecular weight excluding hydrogens is 188 g/mol. The monoisotopic (exact) mass is 208 g/mol. The fourth-order valence-electron chi connectivity index (χ4n) is 1.93. The largest absolute Gasteiger partial charge is 0.299 e. The Morgan fingerprint density at radius 3 is 2.27 bits per heavy atom. The highest BCUT2D eigenvalue weighted by molar-refractivity contribution is 5.94. The zero-order valence-electron chi connectivity index (χ0n) is 10.1. The van der Waals surface area contributed by atoms with Crippen LogP contribution in [0.25, 0.3) is 0 Å². The number of rotatable bonds is 4. The third-order valence-corrected chi connectivity index (χ3v) is 3.43. The highest BCUT2D eigenvalue weighted by atomic mass is 16.1. The molecule has 1 saturated carbocycles. The molecule has 84 valence electrons. The molecule has 1 aliphatic carbocycles. The minimum absolute atomic E-state index is 0.130. The van der Waals surface area contributed by atoms with Gasteiger partial charge in [0.05, 0.1) is 0 Å². The van der Waals surface area contributed by atoms with Gasteiger partial charge in [0.2, 0.25) is 0 Å². The van der Waals surface area contributed by atoms with Crippen molar-refractivity contribution in [3.05, 3.63) is 12.7 Å². The van der Waals surface area contributed by atoms with Crippen LogP contribution in [0.2, 0.25) is 0 Å². The van der Waals surface area contributed by atoms with Crippen LogP contribution in [-0.4, -0.2) is 11.6 Å². The summed E-state index contributed by atoms with van der Waals surface area (Å²) in [6, 6.07) is 0. The van der Waals surface area contributed by atoms with E-state index in [4.69, 9.17) is 0 Å². The first-order chi connectivity index (χ1) is 6.74. The molecular formula is C13H20O2. The number of hydrogen-bond donors (Lipinski definition) is 0. The van der Waals surface area contributed by atoms with Crippen molar-refractivity contribution in [3.63, 3.8) is 0 Å². The van der Waals surface area contributed by atoms with E-state index in [1.54, 1.807) is 13.0 Å². The summed E-state index contributed by atoms with van der Waals surface area (Å²) in [5, 5.41) is 0. The Hall–Kier alpha value is -0.920. The van der Waals surface area contributed by atoms with Crippen LogP contribution in [0, 0.1) is 16.7 Å². The summed E-state index contributed by atoms with van der Waals surface area (Å²) < 4.78 is 0. The van der Waals surface area contributed by atoms with Crippen LogP contribution in [0.3, 0.4) is 0 Å². The lowest BCUT2D eigenvalue weighted by Gasteiger charge is -2.20. The Balaban J connectivity index is 2.76. The van der Waals surface area contributed by atoms with Crippen molar-refractivity contribution in [1.29, 1.82) is 0 Å². The third-order valence-electron chi connectivity index (χ3n) is 3.43. The van der Waals surface area contributed by atoms with E-state index in [0.717, 1.165) is 6.42 Å². The van der Waals surface area contributed by atoms with Gasteiger partial charge in [-0.05, 0) is 19.3 Å². The van der Waals surface area contributed by atoms with Crippen LogP contribution < -0.4 is 0 Å². The van der Waals surface area contributed by atoms with Gasteiger partial charge in [0, 0.05) is 17.3 Å². The fourth-order valence-corrected chi connectivity index (χ4v) is 1.93. The number of allylic oxidation sites excluding steroid dienone is 1. The minimum atomic E-state index is -0.411. The van der Waals surface area contributed by atoms with Crippen LogP contribution in [-0.2, 0) is 9.59 Å². The first-order valence-corrected chi connectivity index (χ1v) is 5.41. The fraction of sp³-hybridized carbons (Fsp3) is 0.692. The summed E-state index contributed by atoms with van der Waals surface area (Å²) in [4.78, 5) is 23.5. The van der Waals surface area contributed by atoms with Crippen molar-refractivity contribution in [3.8, 4) is 0 Å². The minimum Gasteiger partial charge on any atom is -0.299 e. The third kappa shape index (κ3) is 2.19. The maximum Gasteiger partial charge on any atom is 0.139 e. The Morgan fingerprint density at radius 2 is 2.00 bits per heavy atom. The standard InChI is InChI=1S/C13H20O2/c1-6-10-7-13(10,9(2)14)8-11(15)12(3,4)5/h6,10H,1,7-8H2,2-5H3. The van der Waals surface area contributed by atoms with Gasteiger partial charge >= 0.3 is 0 Å². The lowest BCUT2D eigenvalue weighted by atomic mass is 9.81. The summed E-state index contributed by atoms with van der Waals surface area (Å²) in [7, 11) is 0. The second-order valence-electron chi connectivity index (χ2n) is 5.61. The van der Waals surface area contributed by atoms with Crippen molar-refractivity contribution in [1.82, 2.24) is 0 Å². The average Bonchev–Trinajstić information content (AvgIpc) is 2.78. The SMILES string of the molecule is C=CC1CC1(CC(=O)C(C)(C)C)C(C)=O. The lowest BCUT2D eigenvalue weighted by molar-refractivity contribution is -0.132. The van der Waals surface area contributed by atoms with E-state index < -0.39 is 5.41 Å². The average molecular weight is 208 g/mol. The van der Waals surface area contributed by atoms with Crippen LogP contribution in [0.5, 0.6) is 0 Å². The van der Waals surface area contributed by atoms with E-state index in [1.807, 2.05) is 20.8 Å². The summed E-state index contributed by atoms with van der Waals surface area (Å²) in [5.41, 5.74) is -0.761. The quantitative estimate of drug-likeness (QED) is 0.666. The molecule has 2 nitrogen and oxygen atoms in total. The van der Waals surface area contributed by atoms with Crippen LogP contribution in [0.15, 0.2) is 12.7 Å². The maximum absolute atomic E-state index is 11.9. The van der Waals surface area contributed by atoms with Gasteiger partial charge < -0.3 is 0 Å². The van der Waals surface area contributed by atoms with Gasteiger partial charge in [0.1, 0.15) is 11.6 Å². The van der Waals surface area contributed by atoms with E-state index in [2.05, 4.69) is 6.58 Å². The molecule has 2 atom stereocenters. The molecule has 0 spiro atoms. The summed E-state index contributed by atoms with van der Waals surface area (Å²) in [6.45, 7) is 11.0. The van der Waals surface area contributed by atoms with Gasteiger partial charge in [0.25, 0.3) is 0 Å². The predicted octanol–water partition coefficient (Wildman–Crippen LogP) is 2.77. The van der Waals surface area contributed by atoms with Crippen molar-refractivity contribution >= 4 is 11.6 Å². The van der Waals surface area contributed by atoms with Gasteiger partial charge in [-0.15, -0.1) is 6.58 Å². The topological polar surface area (TPSA) is 34.1 Å². The van der Waals surface area contributed by atoms with Gasteiger partial charge in [-0.3, -0.25) is 9.59 Å². The number of ketones is 2. The molecule has 0 aromatic rings. The van der Waals surface area contributed by atoms with Crippen LogP contribution >= 0.6 is 0 Å². The Bertz CT molecular complexity index is 309. The predicted molar refractivity (Wildman–Crippen MR) is 60.5 cm³/mol. The Labute approximate surface area is 91.7 Å². The molecule has 15 heavy (non-hydrogen) atoms. The summed E-state index contributed by atoms with van der Waals surface area (Å²) in [5.74, 6) is 0.508. The molecule has 0 saturated heterocycles. The normalized spacial score (nSPS) is 29.7. The van der Waals surface area contributed by atoms with Gasteiger partial charge in [-0.2, -0.15) is 0 Å². The van der Waals surface area contributed by atoms with Crippen molar-refractivity contribution in [2.24, 2.45) is 16.7 Å². The molecule has 0 amide bonds. The van der Waals surface area contributed by atoms with E-state index >= 15 is 0 Å². The Kier molecular flexibility index (Phi) is 2.90. The lowest BCUT2D eigenvalue weighted by Crippen LogP contribution is -2.27. The van der Waals surface area contributed by atoms with Crippen LogP contribution in [0.4, 0.5) is 0 Å². The molecule has 1 rings (SSSR count). The first-order valence-electron chi connectivity index (χ1n) is 5.41. The molecule has 0 radical (unpaired) electrons. The van der Waals surface area contributed by atoms with Crippen molar-refractivity contribution in [2.45, 2.75) is 40.5 Å². The molecule has 1 aliphatic rings. The Morgan fingerprint density at radius 1 is 1.47 bits per heavy atom. The zero-order valence-corrected chi connectivity index (χ0v) is 10.1. The van der Waals surface area contributed by atoms with Crippen molar-refractivity contribution in [2.75, 3.05) is 0 Å². The number of Topliss-reactive ketones (excluding diaryl/α,β-unsaturated/α-hetero) is 2. The van der Waals surface area contributed by atoms with Crippen molar-refractivity contribution < 1.29 is 9.59 Å². The molecule has 0 aromatic carbocycles. The molecule has 2 unspecified atom stereocenters. The molecule has 0 aliphatic heterocycles. The van der Waals surface area contributed by atoms with Gasteiger partial charge in [-0.25, -0.2) is 0 Å².